The molecule has 1 aliphatic heterocycles. The van der Waals surface area contributed by atoms with Crippen molar-refractivity contribution in [1.82, 2.24) is 0 Å². The van der Waals surface area contributed by atoms with Gasteiger partial charge in [-0.15, -0.1) is 0 Å². The molecule has 1 heterocycles. The molecule has 0 aromatic heterocycles. The van der Waals surface area contributed by atoms with E-state index in [1.807, 2.05) is 0 Å². The fourth-order valence-electron chi connectivity index (χ4n) is 3.45. The van der Waals surface area contributed by atoms with Gasteiger partial charge in [-0.2, -0.15) is 0 Å². The zero-order valence-corrected chi connectivity index (χ0v) is 19.2. The van der Waals surface area contributed by atoms with Gasteiger partial charge in [0.15, 0.2) is 17.2 Å². The number of nitro benzene ring substituents is 2. The summed E-state index contributed by atoms with van der Waals surface area (Å²) >= 11 is 0. The lowest BCUT2D eigenvalue weighted by molar-refractivity contribution is -0.385. The maximum Gasteiger partial charge on any atom is 0.363 e. The first-order valence-electron chi connectivity index (χ1n) is 10.6. The maximum absolute atomic E-state index is 12.4. The molecular formula is C25H19N3O8. The van der Waals surface area contributed by atoms with Gasteiger partial charge in [0.2, 0.25) is 5.90 Å². The minimum Gasteiger partial charge on any atom is -0.493 e. The number of hydrogen-bond acceptors (Lipinski definition) is 9. The highest BCUT2D eigenvalue weighted by Gasteiger charge is 2.25. The smallest absolute Gasteiger partial charge is 0.363 e. The van der Waals surface area contributed by atoms with Crippen molar-refractivity contribution in [1.29, 1.82) is 0 Å². The Balaban J connectivity index is 1.51. The number of carbonyl (C=O) groups excluding carboxylic acids is 1. The molecule has 0 atom stereocenters. The number of nitro groups is 2. The number of cyclic esters (lactones) is 1. The Bertz CT molecular complexity index is 1430. The van der Waals surface area contributed by atoms with E-state index in [9.17, 15) is 25.0 Å². The molecule has 0 unspecified atom stereocenters. The topological polar surface area (TPSA) is 143 Å². The van der Waals surface area contributed by atoms with Crippen LogP contribution in [0.4, 0.5) is 11.4 Å². The third-order valence-corrected chi connectivity index (χ3v) is 5.29. The second-order valence-electron chi connectivity index (χ2n) is 7.72. The van der Waals surface area contributed by atoms with Gasteiger partial charge in [-0.1, -0.05) is 6.07 Å². The van der Waals surface area contributed by atoms with Gasteiger partial charge in [-0.3, -0.25) is 20.2 Å². The number of rotatable bonds is 8. The van der Waals surface area contributed by atoms with Crippen LogP contribution in [-0.2, 0) is 16.1 Å². The molecule has 0 aliphatic carbocycles. The first-order valence-corrected chi connectivity index (χ1v) is 10.6. The van der Waals surface area contributed by atoms with Gasteiger partial charge in [0.1, 0.15) is 6.61 Å². The first-order chi connectivity index (χ1) is 17.2. The van der Waals surface area contributed by atoms with Crippen LogP contribution >= 0.6 is 0 Å². The highest BCUT2D eigenvalue weighted by molar-refractivity contribution is 6.13. The van der Waals surface area contributed by atoms with E-state index in [-0.39, 0.29) is 29.6 Å². The van der Waals surface area contributed by atoms with Crippen molar-refractivity contribution in [2.75, 3.05) is 7.11 Å². The third-order valence-electron chi connectivity index (χ3n) is 5.29. The van der Waals surface area contributed by atoms with Crippen LogP contribution in [0.3, 0.4) is 0 Å². The van der Waals surface area contributed by atoms with Crippen molar-refractivity contribution in [3.05, 3.63) is 109 Å². The van der Waals surface area contributed by atoms with Crippen LogP contribution < -0.4 is 9.47 Å². The molecular weight excluding hydrogens is 470 g/mol. The molecule has 0 fully saturated rings. The zero-order valence-electron chi connectivity index (χ0n) is 19.2. The van der Waals surface area contributed by atoms with Crippen LogP contribution in [0.1, 0.15) is 22.3 Å². The number of hydrogen-bond donors (Lipinski definition) is 0. The molecule has 11 nitrogen and oxygen atoms in total. The number of non-ortho nitro benzene ring substituents is 1. The normalized spacial score (nSPS) is 13.8. The number of benzene rings is 3. The fourth-order valence-corrected chi connectivity index (χ4v) is 3.45. The number of ether oxygens (including phenoxy) is 3. The molecule has 0 radical (unpaired) electrons. The lowest BCUT2D eigenvalue weighted by Gasteiger charge is -2.11. The quantitative estimate of drug-likeness (QED) is 0.191. The van der Waals surface area contributed by atoms with Crippen molar-refractivity contribution in [2.24, 2.45) is 4.99 Å². The molecule has 3 aromatic carbocycles. The van der Waals surface area contributed by atoms with E-state index in [1.165, 1.54) is 43.5 Å². The van der Waals surface area contributed by atoms with Crippen molar-refractivity contribution >= 4 is 29.3 Å². The van der Waals surface area contributed by atoms with Gasteiger partial charge < -0.3 is 14.2 Å². The van der Waals surface area contributed by atoms with E-state index in [1.54, 1.807) is 37.3 Å². The molecule has 36 heavy (non-hydrogen) atoms. The Hall–Kier alpha value is -5.06. The Morgan fingerprint density at radius 1 is 0.972 bits per heavy atom. The minimum atomic E-state index is -0.654. The van der Waals surface area contributed by atoms with E-state index in [2.05, 4.69) is 4.99 Å². The van der Waals surface area contributed by atoms with E-state index in [4.69, 9.17) is 14.2 Å². The summed E-state index contributed by atoms with van der Waals surface area (Å²) in [5.74, 6) is 0.253. The largest absolute Gasteiger partial charge is 0.493 e. The summed E-state index contributed by atoms with van der Waals surface area (Å²) in [6.45, 7) is 1.76. The zero-order chi connectivity index (χ0) is 25.8. The van der Waals surface area contributed by atoms with Crippen LogP contribution in [0.2, 0.25) is 0 Å². The van der Waals surface area contributed by atoms with Crippen LogP contribution in [-0.4, -0.2) is 28.8 Å². The van der Waals surface area contributed by atoms with E-state index >= 15 is 0 Å². The Kier molecular flexibility index (Phi) is 6.72. The summed E-state index contributed by atoms with van der Waals surface area (Å²) in [5, 5.41) is 21.8. The second-order valence-corrected chi connectivity index (χ2v) is 7.72. The molecule has 0 amide bonds. The maximum atomic E-state index is 12.4. The summed E-state index contributed by atoms with van der Waals surface area (Å²) < 4.78 is 16.4. The monoisotopic (exact) mass is 489 g/mol. The number of methoxy groups -OCH3 is 1. The van der Waals surface area contributed by atoms with Gasteiger partial charge in [0, 0.05) is 29.3 Å². The molecule has 1 aliphatic rings. The molecule has 11 heteroatoms. The highest BCUT2D eigenvalue weighted by Crippen LogP contribution is 2.31. The number of aliphatic imine (C=N–C) groups is 1. The van der Waals surface area contributed by atoms with Crippen LogP contribution in [0.15, 0.2) is 71.4 Å². The van der Waals surface area contributed by atoms with Crippen molar-refractivity contribution in [2.45, 2.75) is 13.5 Å². The van der Waals surface area contributed by atoms with Gasteiger partial charge in [0.25, 0.3) is 11.4 Å². The SMILES string of the molecule is COc1cc(/C=C2\N=C(c3ccc([N+](=O)[O-])c(C)c3)OC2=O)ccc1OCc1ccc([N+](=O)[O-])cc1. The summed E-state index contributed by atoms with van der Waals surface area (Å²) in [7, 11) is 1.47. The van der Waals surface area contributed by atoms with Gasteiger partial charge in [-0.05, 0) is 60.5 Å². The standard InChI is InChI=1S/C25H19N3O8/c1-15-11-18(6-9-21(15)28(32)33)24-26-20(25(29)36-24)12-17-5-10-22(23(13-17)34-2)35-14-16-3-7-19(8-4-16)27(30)31/h3-13H,14H2,1-2H3/b20-12-. The average Bonchev–Trinajstić information content (AvgIpc) is 3.23. The highest BCUT2D eigenvalue weighted by atomic mass is 16.6. The minimum absolute atomic E-state index is 0.00584. The van der Waals surface area contributed by atoms with E-state index < -0.39 is 15.8 Å². The molecule has 0 N–H and O–H groups in total. The van der Waals surface area contributed by atoms with Gasteiger partial charge >= 0.3 is 5.97 Å². The second kappa shape index (κ2) is 10.1. The van der Waals surface area contributed by atoms with Gasteiger partial charge in [0.05, 0.1) is 17.0 Å². The van der Waals surface area contributed by atoms with Crippen LogP contribution in [0, 0.1) is 27.2 Å². The number of nitrogens with zero attached hydrogens (tertiary/aromatic N) is 3. The summed E-state index contributed by atoms with van der Waals surface area (Å²) in [6, 6.07) is 15.4. The van der Waals surface area contributed by atoms with Crippen molar-refractivity contribution < 1.29 is 28.9 Å². The molecule has 3 aromatic rings. The van der Waals surface area contributed by atoms with Crippen molar-refractivity contribution in [3.63, 3.8) is 0 Å². The summed E-state index contributed by atoms with van der Waals surface area (Å²) in [5.41, 5.74) is 2.22. The first kappa shape index (κ1) is 24.1. The molecule has 0 spiro atoms. The number of aryl methyl sites for hydroxylation is 1. The number of carbonyl (C=O) groups is 1. The van der Waals surface area contributed by atoms with Crippen LogP contribution in [0.5, 0.6) is 11.5 Å². The number of esters is 1. The molecule has 4 rings (SSSR count). The third kappa shape index (κ3) is 5.20. The predicted octanol–water partition coefficient (Wildman–Crippen LogP) is 4.74. The lowest BCUT2D eigenvalue weighted by Crippen LogP contribution is -2.06. The van der Waals surface area contributed by atoms with E-state index in [0.717, 1.165) is 5.56 Å². The Morgan fingerprint density at radius 2 is 1.72 bits per heavy atom. The molecule has 0 bridgehead atoms. The molecule has 0 saturated carbocycles. The lowest BCUT2D eigenvalue weighted by atomic mass is 10.1. The fraction of sp³-hybridized carbons (Fsp3) is 0.120. The van der Waals surface area contributed by atoms with Gasteiger partial charge in [-0.25, -0.2) is 9.79 Å². The Morgan fingerprint density at radius 3 is 2.36 bits per heavy atom. The van der Waals surface area contributed by atoms with E-state index in [0.29, 0.717) is 28.2 Å². The summed E-state index contributed by atoms with van der Waals surface area (Å²) in [6.07, 6.45) is 1.52. The van der Waals surface area contributed by atoms with Crippen molar-refractivity contribution in [3.8, 4) is 11.5 Å². The summed E-state index contributed by atoms with van der Waals surface area (Å²) in [4.78, 5) is 37.4. The molecule has 182 valence electrons. The van der Waals surface area contributed by atoms with Crippen LogP contribution in [0.25, 0.3) is 6.08 Å². The average molecular weight is 489 g/mol. The Labute approximate surface area is 204 Å². The predicted molar refractivity (Wildman–Crippen MR) is 129 cm³/mol. The molecule has 0 saturated heterocycles.